The number of rotatable bonds is 5. The van der Waals surface area contributed by atoms with Crippen molar-refractivity contribution in [1.29, 1.82) is 0 Å². The Morgan fingerprint density at radius 2 is 1.56 bits per heavy atom. The smallest absolute Gasteiger partial charge is 0.412 e. The molecule has 0 saturated heterocycles. The summed E-state index contributed by atoms with van der Waals surface area (Å²) in [5.41, 5.74) is 5.02. The van der Waals surface area contributed by atoms with Gasteiger partial charge in [-0.2, -0.15) is 9.61 Å². The molecule has 7 heteroatoms. The van der Waals surface area contributed by atoms with Gasteiger partial charge in [0.25, 0.3) is 0 Å². The number of carbonyl (C=O) groups is 1. The molecule has 0 saturated carbocycles. The fraction of sp³-hybridized carbons (Fsp3) is 0.138. The molecule has 0 unspecified atom stereocenters. The SMILES string of the molecule is CC(C)(C)OC(=O)Nc1ccc(N(c2cccc(-c3ccccc3)c2)c2nccc3ccnn23)cc1. The molecular formula is C29H27N5O2. The number of fused-ring (bicyclic) bond motifs is 1. The number of hydrogen-bond donors (Lipinski definition) is 1. The first-order chi connectivity index (χ1) is 17.4. The van der Waals surface area contributed by atoms with Gasteiger partial charge in [-0.05, 0) is 80.4 Å². The summed E-state index contributed by atoms with van der Waals surface area (Å²) in [7, 11) is 0. The lowest BCUT2D eigenvalue weighted by Crippen LogP contribution is -2.27. The highest BCUT2D eigenvalue weighted by Gasteiger charge is 2.19. The second-order valence-electron chi connectivity index (χ2n) is 9.34. The van der Waals surface area contributed by atoms with Crippen LogP contribution in [-0.4, -0.2) is 26.3 Å². The van der Waals surface area contributed by atoms with E-state index in [1.165, 1.54) is 0 Å². The molecule has 1 N–H and O–H groups in total. The van der Waals surface area contributed by atoms with E-state index in [-0.39, 0.29) is 0 Å². The number of ether oxygens (including phenoxy) is 1. The first-order valence-corrected chi connectivity index (χ1v) is 11.7. The standard InChI is InChI=1S/C29H27N5O2/c1-29(2,3)36-28(35)32-23-12-14-24(15-13-23)33(27-30-18-16-25-17-19-31-34(25)27)26-11-7-10-22(20-26)21-8-5-4-6-9-21/h4-20H,1-3H3,(H,32,35). The largest absolute Gasteiger partial charge is 0.444 e. The zero-order chi connectivity index (χ0) is 25.1. The highest BCUT2D eigenvalue weighted by molar-refractivity contribution is 5.86. The Kier molecular flexibility index (Phi) is 6.12. The fourth-order valence-electron chi connectivity index (χ4n) is 3.94. The Morgan fingerprint density at radius 3 is 2.31 bits per heavy atom. The Balaban J connectivity index is 1.55. The van der Waals surface area contributed by atoms with Gasteiger partial charge in [-0.25, -0.2) is 9.78 Å². The number of nitrogens with zero attached hydrogens (tertiary/aromatic N) is 4. The molecule has 0 aliphatic carbocycles. The Hall–Kier alpha value is -4.65. The zero-order valence-corrected chi connectivity index (χ0v) is 20.4. The van der Waals surface area contributed by atoms with Crippen molar-refractivity contribution < 1.29 is 9.53 Å². The summed E-state index contributed by atoms with van der Waals surface area (Å²) in [5, 5.41) is 7.29. The molecule has 2 aromatic heterocycles. The van der Waals surface area contributed by atoms with Crippen molar-refractivity contribution in [3.8, 4) is 11.1 Å². The number of hydrogen-bond acceptors (Lipinski definition) is 5. The average molecular weight is 478 g/mol. The van der Waals surface area contributed by atoms with Crippen LogP contribution in [0.2, 0.25) is 0 Å². The summed E-state index contributed by atoms with van der Waals surface area (Å²) in [4.78, 5) is 18.9. The van der Waals surface area contributed by atoms with E-state index in [2.05, 4.69) is 39.7 Å². The van der Waals surface area contributed by atoms with Crippen molar-refractivity contribution in [1.82, 2.24) is 14.6 Å². The van der Waals surface area contributed by atoms with Gasteiger partial charge in [0.2, 0.25) is 5.95 Å². The molecule has 0 atom stereocenters. The van der Waals surface area contributed by atoms with Crippen LogP contribution in [0.4, 0.5) is 27.8 Å². The molecule has 36 heavy (non-hydrogen) atoms. The van der Waals surface area contributed by atoms with E-state index in [1.54, 1.807) is 12.4 Å². The minimum Gasteiger partial charge on any atom is -0.444 e. The lowest BCUT2D eigenvalue weighted by Gasteiger charge is -2.25. The van der Waals surface area contributed by atoms with Crippen LogP contribution in [0.5, 0.6) is 0 Å². The van der Waals surface area contributed by atoms with Gasteiger partial charge in [-0.3, -0.25) is 10.2 Å². The van der Waals surface area contributed by atoms with Crippen LogP contribution >= 0.6 is 0 Å². The van der Waals surface area contributed by atoms with E-state index in [1.807, 2.05) is 96.9 Å². The highest BCUT2D eigenvalue weighted by atomic mass is 16.6. The third-order valence-corrected chi connectivity index (χ3v) is 5.48. The molecule has 0 bridgehead atoms. The van der Waals surface area contributed by atoms with Gasteiger partial charge in [0.1, 0.15) is 5.60 Å². The number of anilines is 4. The summed E-state index contributed by atoms with van der Waals surface area (Å²) < 4.78 is 7.18. The molecule has 0 radical (unpaired) electrons. The van der Waals surface area contributed by atoms with Gasteiger partial charge in [-0.15, -0.1) is 0 Å². The molecule has 0 fully saturated rings. The molecule has 2 heterocycles. The third-order valence-electron chi connectivity index (χ3n) is 5.48. The van der Waals surface area contributed by atoms with Crippen molar-refractivity contribution in [2.75, 3.05) is 10.2 Å². The molecule has 3 aromatic carbocycles. The van der Waals surface area contributed by atoms with Crippen LogP contribution in [0.25, 0.3) is 16.6 Å². The van der Waals surface area contributed by atoms with E-state index >= 15 is 0 Å². The molecular weight excluding hydrogens is 450 g/mol. The molecule has 0 aliphatic rings. The average Bonchev–Trinajstić information content (AvgIpc) is 3.35. The molecule has 5 rings (SSSR count). The normalized spacial score (nSPS) is 11.3. The number of carbonyl (C=O) groups excluding carboxylic acids is 1. The Bertz CT molecular complexity index is 1490. The van der Waals surface area contributed by atoms with E-state index in [4.69, 9.17) is 4.74 Å². The molecule has 0 spiro atoms. The van der Waals surface area contributed by atoms with E-state index in [9.17, 15) is 4.79 Å². The summed E-state index contributed by atoms with van der Waals surface area (Å²) in [6, 6.07) is 30.0. The Labute approximate surface area is 210 Å². The van der Waals surface area contributed by atoms with Gasteiger partial charge < -0.3 is 4.74 Å². The van der Waals surface area contributed by atoms with Crippen LogP contribution in [0.1, 0.15) is 20.8 Å². The van der Waals surface area contributed by atoms with Crippen LogP contribution in [0.15, 0.2) is 103 Å². The maximum atomic E-state index is 12.2. The number of amides is 1. The van der Waals surface area contributed by atoms with Crippen molar-refractivity contribution >= 4 is 34.6 Å². The zero-order valence-electron chi connectivity index (χ0n) is 20.4. The fourth-order valence-corrected chi connectivity index (χ4v) is 3.94. The van der Waals surface area contributed by atoms with Crippen molar-refractivity contribution in [3.05, 3.63) is 103 Å². The minimum atomic E-state index is -0.571. The monoisotopic (exact) mass is 477 g/mol. The predicted octanol–water partition coefficient (Wildman–Crippen LogP) is 7.21. The van der Waals surface area contributed by atoms with Crippen molar-refractivity contribution in [3.63, 3.8) is 0 Å². The second kappa shape index (κ2) is 9.54. The van der Waals surface area contributed by atoms with Gasteiger partial charge in [0, 0.05) is 23.3 Å². The Morgan fingerprint density at radius 1 is 0.833 bits per heavy atom. The van der Waals surface area contributed by atoms with E-state index < -0.39 is 11.7 Å². The molecule has 0 aliphatic heterocycles. The summed E-state index contributed by atoms with van der Waals surface area (Å²) in [6.45, 7) is 5.50. The topological polar surface area (TPSA) is 71.8 Å². The van der Waals surface area contributed by atoms with Gasteiger partial charge in [-0.1, -0.05) is 42.5 Å². The molecule has 7 nitrogen and oxygen atoms in total. The minimum absolute atomic E-state index is 0.495. The number of nitrogens with one attached hydrogen (secondary N) is 1. The summed E-state index contributed by atoms with van der Waals surface area (Å²) >= 11 is 0. The number of aromatic nitrogens is 3. The quantitative estimate of drug-likeness (QED) is 0.289. The lowest BCUT2D eigenvalue weighted by atomic mass is 10.0. The molecule has 1 amide bonds. The third kappa shape index (κ3) is 5.05. The maximum absolute atomic E-state index is 12.2. The lowest BCUT2D eigenvalue weighted by molar-refractivity contribution is 0.0636. The summed E-state index contributed by atoms with van der Waals surface area (Å²) in [6.07, 6.45) is 3.04. The highest BCUT2D eigenvalue weighted by Crippen LogP contribution is 2.36. The first kappa shape index (κ1) is 23.1. The van der Waals surface area contributed by atoms with Gasteiger partial charge in [0.05, 0.1) is 11.7 Å². The van der Waals surface area contributed by atoms with Crippen molar-refractivity contribution in [2.45, 2.75) is 26.4 Å². The van der Waals surface area contributed by atoms with Crippen LogP contribution < -0.4 is 10.2 Å². The summed E-state index contributed by atoms with van der Waals surface area (Å²) in [5.74, 6) is 0.649. The van der Waals surface area contributed by atoms with Gasteiger partial charge >= 0.3 is 6.09 Å². The second-order valence-corrected chi connectivity index (χ2v) is 9.34. The number of benzene rings is 3. The van der Waals surface area contributed by atoms with E-state index in [0.717, 1.165) is 28.0 Å². The van der Waals surface area contributed by atoms with Crippen LogP contribution in [-0.2, 0) is 4.74 Å². The predicted molar refractivity (Wildman–Crippen MR) is 143 cm³/mol. The van der Waals surface area contributed by atoms with E-state index in [0.29, 0.717) is 11.6 Å². The van der Waals surface area contributed by atoms with Gasteiger partial charge in [0.15, 0.2) is 0 Å². The van der Waals surface area contributed by atoms with Crippen LogP contribution in [0, 0.1) is 0 Å². The molecule has 180 valence electrons. The first-order valence-electron chi connectivity index (χ1n) is 11.7. The van der Waals surface area contributed by atoms with Crippen molar-refractivity contribution in [2.24, 2.45) is 0 Å². The maximum Gasteiger partial charge on any atom is 0.412 e. The van der Waals surface area contributed by atoms with Crippen LogP contribution in [0.3, 0.4) is 0 Å². The molecule has 5 aromatic rings.